The van der Waals surface area contributed by atoms with Crippen molar-refractivity contribution in [1.29, 1.82) is 0 Å². The average molecular weight is 446 g/mol. The van der Waals surface area contributed by atoms with Crippen LogP contribution in [0.3, 0.4) is 0 Å². The fourth-order valence-corrected chi connectivity index (χ4v) is 2.27. The molecule has 0 fully saturated rings. The maximum atomic E-state index is 11.2. The molecule has 0 saturated heterocycles. The Kier molecular flexibility index (Phi) is 7.37. The Morgan fingerprint density at radius 1 is 0.812 bits per heavy atom. The van der Waals surface area contributed by atoms with Crippen molar-refractivity contribution in [2.45, 2.75) is 13.3 Å². The molecule has 2 aromatic rings. The molecule has 2 N–H and O–H groups in total. The van der Waals surface area contributed by atoms with E-state index in [0.29, 0.717) is 6.42 Å². The van der Waals surface area contributed by atoms with E-state index >= 15 is 0 Å². The molecule has 0 radical (unpaired) electrons. The summed E-state index contributed by atoms with van der Waals surface area (Å²) in [6.45, 7) is 1.69. The van der Waals surface area contributed by atoms with Crippen LogP contribution in [0.5, 0.6) is 0 Å². The smallest absolute Gasteiger partial charge is 0.272 e. The van der Waals surface area contributed by atoms with E-state index in [-0.39, 0.29) is 17.1 Å². The minimum Gasteiger partial charge on any atom is -0.272 e. The molecule has 0 aliphatic heterocycles. The number of rotatable bonds is 10. The third-order valence-corrected chi connectivity index (χ3v) is 3.86. The lowest BCUT2D eigenvalue weighted by Gasteiger charge is -2.04. The van der Waals surface area contributed by atoms with Crippen molar-refractivity contribution in [3.05, 3.63) is 76.9 Å². The molecule has 16 heteroatoms. The Morgan fingerprint density at radius 2 is 1.28 bits per heavy atom. The molecule has 0 atom stereocenters. The van der Waals surface area contributed by atoms with Crippen molar-refractivity contribution in [2.24, 2.45) is 10.2 Å². The van der Waals surface area contributed by atoms with Crippen LogP contribution in [0.15, 0.2) is 46.6 Å². The summed E-state index contributed by atoms with van der Waals surface area (Å²) in [5.74, 6) is 0. The Hall–Kier alpha value is -5.02. The third-order valence-electron chi connectivity index (χ3n) is 3.86. The second-order valence-electron chi connectivity index (χ2n) is 5.87. The molecule has 32 heavy (non-hydrogen) atoms. The molecular weight excluding hydrogens is 432 g/mol. The zero-order chi connectivity index (χ0) is 23.8. The van der Waals surface area contributed by atoms with Crippen LogP contribution < -0.4 is 10.9 Å². The first-order valence-corrected chi connectivity index (χ1v) is 8.61. The first-order valence-electron chi connectivity index (χ1n) is 8.61. The van der Waals surface area contributed by atoms with Gasteiger partial charge in [-0.2, -0.15) is 10.2 Å². The predicted molar refractivity (Wildman–Crippen MR) is 113 cm³/mol. The molecular formula is C16H14N8O8. The van der Waals surface area contributed by atoms with Gasteiger partial charge in [0.25, 0.3) is 11.4 Å². The molecule has 0 spiro atoms. The molecule has 0 saturated carbocycles. The van der Waals surface area contributed by atoms with Gasteiger partial charge in [0.05, 0.1) is 43.8 Å². The summed E-state index contributed by atoms with van der Waals surface area (Å²) in [5, 5.41) is 51.6. The largest absolute Gasteiger partial charge is 0.301 e. The molecule has 0 aromatic heterocycles. The number of nitrogens with zero attached hydrogens (tertiary/aromatic N) is 6. The molecule has 0 amide bonds. The van der Waals surface area contributed by atoms with Gasteiger partial charge in [-0.1, -0.05) is 6.92 Å². The fraction of sp³-hybridized carbons (Fsp3) is 0.125. The topological polar surface area (TPSA) is 221 Å². The van der Waals surface area contributed by atoms with Crippen molar-refractivity contribution in [3.63, 3.8) is 0 Å². The fourth-order valence-electron chi connectivity index (χ4n) is 2.27. The Balaban J connectivity index is 2.21. The summed E-state index contributed by atoms with van der Waals surface area (Å²) < 4.78 is 0. The molecule has 16 nitrogen and oxygen atoms in total. The van der Waals surface area contributed by atoms with E-state index in [4.69, 9.17) is 0 Å². The van der Waals surface area contributed by atoms with Gasteiger partial charge in [0.15, 0.2) is 0 Å². The average Bonchev–Trinajstić information content (AvgIpc) is 2.75. The molecule has 0 bridgehead atoms. The number of hydrogen-bond acceptors (Lipinski definition) is 12. The quantitative estimate of drug-likeness (QED) is 0.306. The highest BCUT2D eigenvalue weighted by Gasteiger charge is 2.20. The molecule has 2 rings (SSSR count). The summed E-state index contributed by atoms with van der Waals surface area (Å²) in [5.41, 5.74) is 2.83. The SMILES string of the molecule is CCC(/C=N\Nc1ccc([N+](=O)[O-])cc1[N+](=O)[O-])=N/Nc1ccc([N+](=O)[O-])cc1[N+](=O)[O-]. The van der Waals surface area contributed by atoms with Gasteiger partial charge in [-0.3, -0.25) is 51.3 Å². The number of hydrogen-bond donors (Lipinski definition) is 2. The zero-order valence-electron chi connectivity index (χ0n) is 16.2. The second kappa shape index (κ2) is 10.1. The van der Waals surface area contributed by atoms with Crippen molar-refractivity contribution < 1.29 is 19.7 Å². The van der Waals surface area contributed by atoms with Crippen LogP contribution in [0.4, 0.5) is 34.1 Å². The Labute approximate surface area is 177 Å². The van der Waals surface area contributed by atoms with Gasteiger partial charge in [0.1, 0.15) is 11.4 Å². The monoisotopic (exact) mass is 446 g/mol. The summed E-state index contributed by atoms with van der Waals surface area (Å²) in [7, 11) is 0. The summed E-state index contributed by atoms with van der Waals surface area (Å²) in [6.07, 6.45) is 1.47. The lowest BCUT2D eigenvalue weighted by molar-refractivity contribution is -0.393. The first kappa shape index (κ1) is 23.3. The summed E-state index contributed by atoms with van der Waals surface area (Å²) >= 11 is 0. The number of benzene rings is 2. The first-order chi connectivity index (χ1) is 15.1. The molecule has 2 aromatic carbocycles. The number of hydrazone groups is 2. The van der Waals surface area contributed by atoms with Crippen LogP contribution in [0.2, 0.25) is 0 Å². The van der Waals surface area contributed by atoms with Crippen LogP contribution in [-0.2, 0) is 0 Å². The highest BCUT2D eigenvalue weighted by molar-refractivity contribution is 6.30. The zero-order valence-corrected chi connectivity index (χ0v) is 16.2. The molecule has 0 heterocycles. The molecule has 166 valence electrons. The number of anilines is 2. The Bertz CT molecular complexity index is 1150. The van der Waals surface area contributed by atoms with Crippen LogP contribution in [0, 0.1) is 40.5 Å². The lowest BCUT2D eigenvalue weighted by atomic mass is 10.2. The van der Waals surface area contributed by atoms with Crippen LogP contribution in [0.1, 0.15) is 13.3 Å². The summed E-state index contributed by atoms with van der Waals surface area (Å²) in [4.78, 5) is 40.7. The molecule has 0 unspecified atom stereocenters. The van der Waals surface area contributed by atoms with E-state index in [1.54, 1.807) is 6.92 Å². The number of nitro groups is 4. The van der Waals surface area contributed by atoms with Crippen LogP contribution >= 0.6 is 0 Å². The highest BCUT2D eigenvalue weighted by atomic mass is 16.6. The highest BCUT2D eigenvalue weighted by Crippen LogP contribution is 2.30. The van der Waals surface area contributed by atoms with E-state index in [2.05, 4.69) is 21.1 Å². The number of nitrogens with one attached hydrogen (secondary N) is 2. The van der Waals surface area contributed by atoms with Gasteiger partial charge in [0.2, 0.25) is 0 Å². The number of nitro benzene ring substituents is 4. The second-order valence-corrected chi connectivity index (χ2v) is 5.87. The van der Waals surface area contributed by atoms with Gasteiger partial charge in [0, 0.05) is 12.1 Å². The lowest BCUT2D eigenvalue weighted by Crippen LogP contribution is -2.06. The van der Waals surface area contributed by atoms with Crippen molar-refractivity contribution in [1.82, 2.24) is 0 Å². The molecule has 0 aliphatic carbocycles. The minimum atomic E-state index is -0.811. The van der Waals surface area contributed by atoms with E-state index in [1.165, 1.54) is 6.21 Å². The minimum absolute atomic E-state index is 0.0982. The van der Waals surface area contributed by atoms with Gasteiger partial charge >= 0.3 is 11.4 Å². The van der Waals surface area contributed by atoms with Crippen LogP contribution in [-0.4, -0.2) is 31.6 Å². The third kappa shape index (κ3) is 5.75. The van der Waals surface area contributed by atoms with Gasteiger partial charge < -0.3 is 0 Å². The predicted octanol–water partition coefficient (Wildman–Crippen LogP) is 3.60. The standard InChI is InChI=1S/C16H14N8O8/c1-2-10(18-20-14-6-4-12(22(27)28)8-16(14)24(31)32)9-17-19-13-5-3-11(21(25)26)7-15(13)23(29)30/h3-9,19-20H,2H2,1H3/b17-9-,18-10-. The maximum Gasteiger partial charge on any atom is 0.301 e. The van der Waals surface area contributed by atoms with Crippen molar-refractivity contribution >= 4 is 46.1 Å². The molecule has 0 aliphatic rings. The van der Waals surface area contributed by atoms with Crippen molar-refractivity contribution in [2.75, 3.05) is 10.9 Å². The Morgan fingerprint density at radius 3 is 1.69 bits per heavy atom. The number of non-ortho nitro benzene ring substituents is 2. The van der Waals surface area contributed by atoms with Crippen molar-refractivity contribution in [3.8, 4) is 0 Å². The van der Waals surface area contributed by atoms with Crippen LogP contribution in [0.25, 0.3) is 0 Å². The summed E-state index contributed by atoms with van der Waals surface area (Å²) in [6, 6.07) is 5.95. The van der Waals surface area contributed by atoms with Gasteiger partial charge in [-0.05, 0) is 18.6 Å². The van der Waals surface area contributed by atoms with E-state index in [9.17, 15) is 40.5 Å². The van der Waals surface area contributed by atoms with E-state index in [1.807, 2.05) is 0 Å². The normalized spacial score (nSPS) is 11.2. The maximum absolute atomic E-state index is 11.2. The van der Waals surface area contributed by atoms with E-state index in [0.717, 1.165) is 36.4 Å². The van der Waals surface area contributed by atoms with Gasteiger partial charge in [-0.15, -0.1) is 0 Å². The van der Waals surface area contributed by atoms with Gasteiger partial charge in [-0.25, -0.2) is 0 Å². The van der Waals surface area contributed by atoms with E-state index < -0.39 is 42.4 Å².